The van der Waals surface area contributed by atoms with Crippen LogP contribution in [0.5, 0.6) is 0 Å². The molecule has 0 amide bonds. The number of halogens is 2. The highest BCUT2D eigenvalue weighted by Gasteiger charge is 2.24. The number of hydrogen-bond acceptors (Lipinski definition) is 1. The smallest absolute Gasteiger partial charge is 0.125 e. The van der Waals surface area contributed by atoms with Crippen molar-refractivity contribution < 1.29 is 0 Å². The van der Waals surface area contributed by atoms with Crippen LogP contribution in [0.25, 0.3) is 11.0 Å². The highest BCUT2D eigenvalue weighted by atomic mass is 35.5. The Hall–Kier alpha value is -0.730. The van der Waals surface area contributed by atoms with Gasteiger partial charge in [0.1, 0.15) is 11.3 Å². The summed E-state index contributed by atoms with van der Waals surface area (Å²) in [5.41, 5.74) is 1.88. The zero-order valence-corrected chi connectivity index (χ0v) is 11.8. The lowest BCUT2D eigenvalue weighted by Crippen LogP contribution is -2.26. The maximum atomic E-state index is 6.17. The van der Waals surface area contributed by atoms with Gasteiger partial charge in [-0.05, 0) is 32.4 Å². The molecular formula is C13H16Cl2N2. The second kappa shape index (κ2) is 4.51. The van der Waals surface area contributed by atoms with Crippen LogP contribution in [0.15, 0.2) is 18.2 Å². The predicted octanol–water partition coefficient (Wildman–Crippen LogP) is 4.57. The van der Waals surface area contributed by atoms with Gasteiger partial charge in [0.15, 0.2) is 0 Å². The number of hydrogen-bond donors (Lipinski definition) is 0. The van der Waals surface area contributed by atoms with E-state index in [2.05, 4.69) is 30.3 Å². The topological polar surface area (TPSA) is 17.8 Å². The number of benzene rings is 1. The van der Waals surface area contributed by atoms with E-state index in [9.17, 15) is 0 Å². The van der Waals surface area contributed by atoms with E-state index in [4.69, 9.17) is 23.2 Å². The average Bonchev–Trinajstić information content (AvgIpc) is 2.69. The van der Waals surface area contributed by atoms with Gasteiger partial charge < -0.3 is 4.57 Å². The zero-order chi connectivity index (χ0) is 12.6. The van der Waals surface area contributed by atoms with Gasteiger partial charge >= 0.3 is 0 Å². The zero-order valence-electron chi connectivity index (χ0n) is 10.3. The molecular weight excluding hydrogens is 255 g/mol. The quantitative estimate of drug-likeness (QED) is 0.747. The fourth-order valence-corrected chi connectivity index (χ4v) is 2.43. The Morgan fingerprint density at radius 1 is 1.35 bits per heavy atom. The normalized spacial score (nSPS) is 12.3. The molecule has 0 aliphatic heterocycles. The second-order valence-corrected chi connectivity index (χ2v) is 5.45. The van der Waals surface area contributed by atoms with Crippen LogP contribution in [0.3, 0.4) is 0 Å². The minimum absolute atomic E-state index is 0.0103. The summed E-state index contributed by atoms with van der Waals surface area (Å²) in [5.74, 6) is 1.27. The van der Waals surface area contributed by atoms with Crippen molar-refractivity contribution in [3.63, 3.8) is 0 Å². The third-order valence-corrected chi connectivity index (χ3v) is 3.84. The molecule has 0 saturated carbocycles. The fraction of sp³-hybridized carbons (Fsp3) is 0.462. The first-order valence-corrected chi connectivity index (χ1v) is 6.64. The molecule has 0 aliphatic carbocycles. The monoisotopic (exact) mass is 270 g/mol. The highest BCUT2D eigenvalue weighted by molar-refractivity contribution is 6.35. The first-order valence-electron chi connectivity index (χ1n) is 5.73. The number of nitrogens with zero attached hydrogens (tertiary/aromatic N) is 2. The Morgan fingerprint density at radius 3 is 2.65 bits per heavy atom. The Morgan fingerprint density at radius 2 is 2.06 bits per heavy atom. The summed E-state index contributed by atoms with van der Waals surface area (Å²) in [6.45, 7) is 6.53. The van der Waals surface area contributed by atoms with Crippen molar-refractivity contribution >= 4 is 34.2 Å². The number of alkyl halides is 1. The summed E-state index contributed by atoms with van der Waals surface area (Å²) < 4.78 is 2.20. The second-order valence-electron chi connectivity index (χ2n) is 4.77. The Labute approximate surface area is 112 Å². The summed E-state index contributed by atoms with van der Waals surface area (Å²) in [5, 5.41) is 0.680. The molecule has 1 heterocycles. The van der Waals surface area contributed by atoms with Crippen LogP contribution in [0, 0.1) is 0 Å². The number of fused-ring (bicyclic) bond motifs is 1. The van der Waals surface area contributed by atoms with Crippen molar-refractivity contribution in [2.45, 2.75) is 38.6 Å². The van der Waals surface area contributed by atoms with Crippen molar-refractivity contribution in [2.24, 2.45) is 0 Å². The van der Waals surface area contributed by atoms with E-state index in [1.165, 1.54) is 0 Å². The van der Waals surface area contributed by atoms with Gasteiger partial charge in [-0.1, -0.05) is 24.6 Å². The fourth-order valence-electron chi connectivity index (χ4n) is 2.04. The van der Waals surface area contributed by atoms with Crippen LogP contribution >= 0.6 is 23.2 Å². The molecule has 0 radical (unpaired) electrons. The van der Waals surface area contributed by atoms with Gasteiger partial charge in [-0.2, -0.15) is 0 Å². The van der Waals surface area contributed by atoms with Crippen LogP contribution in [0.4, 0.5) is 0 Å². The minimum atomic E-state index is -0.0103. The van der Waals surface area contributed by atoms with E-state index in [1.54, 1.807) is 0 Å². The summed E-state index contributed by atoms with van der Waals surface area (Å²) in [4.78, 5) is 4.54. The molecule has 0 atom stereocenters. The Bertz CT molecular complexity index is 544. The Balaban J connectivity index is 2.80. The van der Waals surface area contributed by atoms with Gasteiger partial charge in [0.2, 0.25) is 0 Å². The molecule has 2 nitrogen and oxygen atoms in total. The molecule has 0 spiro atoms. The van der Waals surface area contributed by atoms with Crippen LogP contribution in [-0.4, -0.2) is 9.55 Å². The molecule has 0 N–H and O–H groups in total. The molecule has 92 valence electrons. The summed E-state index contributed by atoms with van der Waals surface area (Å²) >= 11 is 12.2. The first-order chi connectivity index (χ1) is 8.01. The lowest BCUT2D eigenvalue weighted by Gasteiger charge is -2.27. The molecule has 17 heavy (non-hydrogen) atoms. The van der Waals surface area contributed by atoms with Gasteiger partial charge in [0.25, 0.3) is 0 Å². The van der Waals surface area contributed by atoms with Gasteiger partial charge in [0, 0.05) is 5.54 Å². The maximum Gasteiger partial charge on any atom is 0.125 e. The van der Waals surface area contributed by atoms with Crippen molar-refractivity contribution in [1.29, 1.82) is 0 Å². The lowest BCUT2D eigenvalue weighted by molar-refractivity contribution is 0.344. The van der Waals surface area contributed by atoms with Gasteiger partial charge in [-0.25, -0.2) is 4.98 Å². The van der Waals surface area contributed by atoms with Gasteiger partial charge in [0.05, 0.1) is 16.4 Å². The molecule has 0 fully saturated rings. The average molecular weight is 271 g/mol. The molecule has 1 aromatic carbocycles. The highest BCUT2D eigenvalue weighted by Crippen LogP contribution is 2.31. The molecule has 4 heteroatoms. The minimum Gasteiger partial charge on any atom is -0.321 e. The molecule has 2 rings (SSSR count). The summed E-state index contributed by atoms with van der Waals surface area (Å²) in [6, 6.07) is 5.85. The number of imidazole rings is 1. The van der Waals surface area contributed by atoms with Crippen LogP contribution in [0.2, 0.25) is 5.02 Å². The van der Waals surface area contributed by atoms with Crippen molar-refractivity contribution in [1.82, 2.24) is 9.55 Å². The number of rotatable bonds is 3. The molecule has 0 bridgehead atoms. The predicted molar refractivity (Wildman–Crippen MR) is 73.9 cm³/mol. The molecule has 0 unspecified atom stereocenters. The van der Waals surface area contributed by atoms with E-state index in [0.717, 1.165) is 23.3 Å². The SMILES string of the molecule is CCC(C)(C)n1c(CCl)nc2c(Cl)cccc21. The number of aromatic nitrogens is 2. The summed E-state index contributed by atoms with van der Waals surface area (Å²) in [6.07, 6.45) is 1.01. The third-order valence-electron chi connectivity index (χ3n) is 3.30. The number of para-hydroxylation sites is 1. The molecule has 0 aliphatic rings. The first kappa shape index (κ1) is 12.7. The maximum absolute atomic E-state index is 6.17. The molecule has 0 saturated heterocycles. The largest absolute Gasteiger partial charge is 0.321 e. The Kier molecular flexibility index (Phi) is 3.37. The lowest BCUT2D eigenvalue weighted by atomic mass is 10.0. The van der Waals surface area contributed by atoms with E-state index < -0.39 is 0 Å². The molecule has 1 aromatic heterocycles. The van der Waals surface area contributed by atoms with E-state index in [1.807, 2.05) is 18.2 Å². The summed E-state index contributed by atoms with van der Waals surface area (Å²) in [7, 11) is 0. The van der Waals surface area contributed by atoms with Crippen LogP contribution in [-0.2, 0) is 11.4 Å². The van der Waals surface area contributed by atoms with Crippen LogP contribution in [0.1, 0.15) is 33.0 Å². The van der Waals surface area contributed by atoms with Crippen molar-refractivity contribution in [3.05, 3.63) is 29.0 Å². The van der Waals surface area contributed by atoms with Crippen LogP contribution < -0.4 is 0 Å². The van der Waals surface area contributed by atoms with E-state index >= 15 is 0 Å². The van der Waals surface area contributed by atoms with Crippen molar-refractivity contribution in [2.75, 3.05) is 0 Å². The van der Waals surface area contributed by atoms with Gasteiger partial charge in [-0.15, -0.1) is 11.6 Å². The third kappa shape index (κ3) is 2.04. The van der Waals surface area contributed by atoms with Crippen molar-refractivity contribution in [3.8, 4) is 0 Å². The van der Waals surface area contributed by atoms with Gasteiger partial charge in [-0.3, -0.25) is 0 Å². The standard InChI is InChI=1S/C13H16Cl2N2/c1-4-13(2,3)17-10-7-5-6-9(15)12(10)16-11(17)8-14/h5-7H,4,8H2,1-3H3. The molecule has 2 aromatic rings. The van der Waals surface area contributed by atoms with E-state index in [0.29, 0.717) is 10.9 Å². The van der Waals surface area contributed by atoms with E-state index in [-0.39, 0.29) is 5.54 Å².